The molecule has 17 heavy (non-hydrogen) atoms. The van der Waals surface area contributed by atoms with Gasteiger partial charge in [0.2, 0.25) is 0 Å². The van der Waals surface area contributed by atoms with E-state index in [4.69, 9.17) is 11.6 Å². The maximum atomic E-state index is 10.7. The van der Waals surface area contributed by atoms with E-state index in [0.29, 0.717) is 16.4 Å². The van der Waals surface area contributed by atoms with Gasteiger partial charge in [-0.05, 0) is 41.9 Å². The summed E-state index contributed by atoms with van der Waals surface area (Å²) in [7, 11) is 0. The Morgan fingerprint density at radius 1 is 1.12 bits per heavy atom. The zero-order valence-electron chi connectivity index (χ0n) is 9.27. The smallest absolute Gasteiger partial charge is 0.131 e. The van der Waals surface area contributed by atoms with Crippen molar-refractivity contribution < 1.29 is 0 Å². The van der Waals surface area contributed by atoms with Gasteiger partial charge in [-0.15, -0.1) is 4.91 Å². The molecule has 1 N–H and O–H groups in total. The van der Waals surface area contributed by atoms with E-state index in [1.165, 1.54) is 0 Å². The van der Waals surface area contributed by atoms with E-state index < -0.39 is 0 Å². The monoisotopic (exact) mass is 246 g/mol. The molecule has 0 saturated heterocycles. The molecule has 0 amide bonds. The maximum absolute atomic E-state index is 10.7. The fourth-order valence-corrected chi connectivity index (χ4v) is 1.72. The van der Waals surface area contributed by atoms with Crippen molar-refractivity contribution in [2.24, 2.45) is 5.18 Å². The highest BCUT2D eigenvalue weighted by molar-refractivity contribution is 6.31. The molecule has 0 radical (unpaired) electrons. The van der Waals surface area contributed by atoms with E-state index in [1.54, 1.807) is 18.2 Å². The minimum atomic E-state index is 0.345. The SMILES string of the molecule is Cc1ccccc1Nc1cc(Cl)ccc1N=O. The lowest BCUT2D eigenvalue weighted by molar-refractivity contribution is 1.41. The van der Waals surface area contributed by atoms with Crippen molar-refractivity contribution in [3.63, 3.8) is 0 Å². The Balaban J connectivity index is 2.39. The molecule has 0 saturated carbocycles. The van der Waals surface area contributed by atoms with Gasteiger partial charge in [-0.3, -0.25) is 0 Å². The average Bonchev–Trinajstić information content (AvgIpc) is 2.32. The number of halogens is 1. The highest BCUT2D eigenvalue weighted by Gasteiger charge is 2.05. The number of anilines is 2. The van der Waals surface area contributed by atoms with Crippen molar-refractivity contribution in [3.8, 4) is 0 Å². The second-order valence-electron chi connectivity index (χ2n) is 3.69. The van der Waals surface area contributed by atoms with Gasteiger partial charge in [0, 0.05) is 10.7 Å². The lowest BCUT2D eigenvalue weighted by Crippen LogP contribution is -1.93. The van der Waals surface area contributed by atoms with Gasteiger partial charge in [0.05, 0.1) is 5.69 Å². The molecule has 2 rings (SSSR count). The van der Waals surface area contributed by atoms with Crippen LogP contribution in [0.2, 0.25) is 5.02 Å². The molecular weight excluding hydrogens is 236 g/mol. The van der Waals surface area contributed by atoms with E-state index in [-0.39, 0.29) is 0 Å². The first kappa shape index (κ1) is 11.6. The van der Waals surface area contributed by atoms with Gasteiger partial charge in [-0.2, -0.15) is 0 Å². The Bertz CT molecular complexity index is 555. The van der Waals surface area contributed by atoms with Crippen LogP contribution >= 0.6 is 11.6 Å². The Morgan fingerprint density at radius 3 is 2.59 bits per heavy atom. The molecule has 0 aliphatic rings. The quantitative estimate of drug-likeness (QED) is 0.791. The molecule has 3 nitrogen and oxygen atoms in total. The Morgan fingerprint density at radius 2 is 1.88 bits per heavy atom. The molecule has 0 aliphatic carbocycles. The number of rotatable bonds is 3. The number of nitroso groups, excluding NO2 is 1. The molecule has 0 aliphatic heterocycles. The molecular formula is C13H11ClN2O. The lowest BCUT2D eigenvalue weighted by Gasteiger charge is -2.10. The molecule has 0 unspecified atom stereocenters. The first-order valence-electron chi connectivity index (χ1n) is 5.16. The van der Waals surface area contributed by atoms with E-state index >= 15 is 0 Å². The van der Waals surface area contributed by atoms with Gasteiger partial charge in [0.1, 0.15) is 5.69 Å². The van der Waals surface area contributed by atoms with Crippen molar-refractivity contribution in [2.75, 3.05) is 5.32 Å². The number of nitrogens with one attached hydrogen (secondary N) is 1. The van der Waals surface area contributed by atoms with Crippen LogP contribution in [0, 0.1) is 11.8 Å². The molecule has 0 atom stereocenters. The molecule has 0 bridgehead atoms. The molecule has 4 heteroatoms. The van der Waals surface area contributed by atoms with Crippen LogP contribution in [-0.2, 0) is 0 Å². The number of para-hydroxylation sites is 1. The zero-order chi connectivity index (χ0) is 12.3. The van der Waals surface area contributed by atoms with Crippen LogP contribution in [0.4, 0.5) is 17.1 Å². The summed E-state index contributed by atoms with van der Waals surface area (Å²) in [5.74, 6) is 0. The largest absolute Gasteiger partial charge is 0.353 e. The molecule has 0 fully saturated rings. The lowest BCUT2D eigenvalue weighted by atomic mass is 10.2. The van der Waals surface area contributed by atoms with Crippen LogP contribution in [-0.4, -0.2) is 0 Å². The Labute approximate surface area is 104 Å². The highest BCUT2D eigenvalue weighted by Crippen LogP contribution is 2.31. The van der Waals surface area contributed by atoms with Crippen molar-refractivity contribution in [1.29, 1.82) is 0 Å². The van der Waals surface area contributed by atoms with E-state index in [0.717, 1.165) is 11.3 Å². The number of nitrogens with zero attached hydrogens (tertiary/aromatic N) is 1. The molecule has 2 aromatic rings. The topological polar surface area (TPSA) is 41.5 Å². The van der Waals surface area contributed by atoms with E-state index in [1.807, 2.05) is 31.2 Å². The van der Waals surface area contributed by atoms with Crippen molar-refractivity contribution >= 4 is 28.7 Å². The fourth-order valence-electron chi connectivity index (χ4n) is 1.55. The summed E-state index contributed by atoms with van der Waals surface area (Å²) in [6.45, 7) is 1.99. The van der Waals surface area contributed by atoms with Crippen LogP contribution in [0.1, 0.15) is 5.56 Å². The summed E-state index contributed by atoms with van der Waals surface area (Å²) in [5.41, 5.74) is 2.98. The third kappa shape index (κ3) is 2.63. The van der Waals surface area contributed by atoms with Gasteiger partial charge in [-0.25, -0.2) is 0 Å². The summed E-state index contributed by atoms with van der Waals surface area (Å²) in [6, 6.07) is 12.7. The maximum Gasteiger partial charge on any atom is 0.131 e. The predicted octanol–water partition coefficient (Wildman–Crippen LogP) is 4.79. The Hall–Kier alpha value is -1.87. The summed E-state index contributed by atoms with van der Waals surface area (Å²) < 4.78 is 0. The van der Waals surface area contributed by atoms with E-state index in [9.17, 15) is 4.91 Å². The third-order valence-corrected chi connectivity index (χ3v) is 2.71. The zero-order valence-corrected chi connectivity index (χ0v) is 10.0. The first-order valence-corrected chi connectivity index (χ1v) is 5.54. The van der Waals surface area contributed by atoms with Crippen molar-refractivity contribution in [3.05, 3.63) is 58.0 Å². The fraction of sp³-hybridized carbons (Fsp3) is 0.0769. The van der Waals surface area contributed by atoms with Crippen LogP contribution < -0.4 is 5.32 Å². The van der Waals surface area contributed by atoms with Crippen molar-refractivity contribution in [1.82, 2.24) is 0 Å². The average molecular weight is 247 g/mol. The van der Waals surface area contributed by atoms with Crippen molar-refractivity contribution in [2.45, 2.75) is 6.92 Å². The van der Waals surface area contributed by atoms with Crippen LogP contribution in [0.3, 0.4) is 0 Å². The summed E-state index contributed by atoms with van der Waals surface area (Å²) in [4.78, 5) is 10.7. The van der Waals surface area contributed by atoms with Gasteiger partial charge in [-0.1, -0.05) is 29.8 Å². The number of hydrogen-bond acceptors (Lipinski definition) is 3. The van der Waals surface area contributed by atoms with Gasteiger partial charge in [0.25, 0.3) is 0 Å². The summed E-state index contributed by atoms with van der Waals surface area (Å²) in [5, 5.41) is 6.68. The molecule has 0 spiro atoms. The highest BCUT2D eigenvalue weighted by atomic mass is 35.5. The number of benzene rings is 2. The van der Waals surface area contributed by atoms with Gasteiger partial charge >= 0.3 is 0 Å². The van der Waals surface area contributed by atoms with Crippen LogP contribution in [0.25, 0.3) is 0 Å². The summed E-state index contributed by atoms with van der Waals surface area (Å²) >= 11 is 5.90. The molecule has 0 aromatic heterocycles. The second-order valence-corrected chi connectivity index (χ2v) is 4.13. The standard InChI is InChI=1S/C13H11ClN2O/c1-9-4-2-3-5-11(9)15-13-8-10(14)6-7-12(13)16-17/h2-8,15H,1H3. The van der Waals surface area contributed by atoms with Gasteiger partial charge < -0.3 is 5.32 Å². The molecule has 2 aromatic carbocycles. The minimum absolute atomic E-state index is 0.345. The third-order valence-electron chi connectivity index (χ3n) is 2.47. The molecule has 86 valence electrons. The van der Waals surface area contributed by atoms with Crippen LogP contribution in [0.15, 0.2) is 47.6 Å². The van der Waals surface area contributed by atoms with Gasteiger partial charge in [0.15, 0.2) is 0 Å². The number of hydrogen-bond donors (Lipinski definition) is 1. The predicted molar refractivity (Wildman–Crippen MR) is 71.4 cm³/mol. The normalized spacial score (nSPS) is 10.0. The Kier molecular flexibility index (Phi) is 3.40. The summed E-state index contributed by atoms with van der Waals surface area (Å²) in [6.07, 6.45) is 0. The van der Waals surface area contributed by atoms with E-state index in [2.05, 4.69) is 10.5 Å². The first-order chi connectivity index (χ1) is 8.20. The number of aryl methyl sites for hydroxylation is 1. The van der Waals surface area contributed by atoms with Crippen LogP contribution in [0.5, 0.6) is 0 Å². The molecule has 0 heterocycles. The second kappa shape index (κ2) is 4.97. The minimum Gasteiger partial charge on any atom is -0.353 e.